The molecule has 0 saturated heterocycles. The number of hydrogen-bond acceptors (Lipinski definition) is 6. The van der Waals surface area contributed by atoms with Crippen LogP contribution in [-0.4, -0.2) is 40.4 Å². The molecule has 0 fully saturated rings. The second kappa shape index (κ2) is 11.8. The first-order chi connectivity index (χ1) is 20.5. The molecule has 5 rings (SSSR count). The number of nitrogens with one attached hydrogen (secondary N) is 2. The number of Topliss-reactive ketones (excluding diaryl/α,β-unsaturated/α-hetero) is 1. The lowest BCUT2D eigenvalue weighted by molar-refractivity contribution is 0.0620. The topological polar surface area (TPSA) is 114 Å². The van der Waals surface area contributed by atoms with Crippen molar-refractivity contribution < 1.29 is 14.3 Å². The Morgan fingerprint density at radius 3 is 2.49 bits per heavy atom. The van der Waals surface area contributed by atoms with Crippen LogP contribution in [0.5, 0.6) is 5.75 Å². The third-order valence-corrected chi connectivity index (χ3v) is 7.55. The van der Waals surface area contributed by atoms with Crippen LogP contribution in [0.25, 0.3) is 16.8 Å². The molecule has 0 saturated carbocycles. The molecule has 1 aliphatic rings. The van der Waals surface area contributed by atoms with Crippen molar-refractivity contribution in [2.24, 2.45) is 0 Å². The standard InChI is InChI=1S/C34H35BN4O4/c1-5-8-28-26(17-21-11-13-22(14-12-21)24-9-6-7-10-25(24)31(36)38-33(35)42)32(41)39(20(2)37-28)23-15-16-30-27(18-23)29(40)19-34(3,4)43-30/h6-7,9-16,18H,5,8,17,19,35H2,1-4H3,(H2,36,38,42). The SMILES string of the molecule is BC(=O)NC(=N)c1ccccc1-c1ccc(Cc2c(CCC)nc(C)n(-c3ccc4c(c3)C(=O)CC(C)(C)O4)c2=O)cc1. The first-order valence-corrected chi connectivity index (χ1v) is 14.5. The average Bonchev–Trinajstić information content (AvgIpc) is 2.95. The van der Waals surface area contributed by atoms with E-state index in [1.165, 1.54) is 7.85 Å². The molecule has 0 aliphatic carbocycles. The minimum absolute atomic E-state index is 0.0107. The molecule has 0 spiro atoms. The van der Waals surface area contributed by atoms with Crippen molar-refractivity contribution in [2.45, 2.75) is 59.0 Å². The lowest BCUT2D eigenvalue weighted by Gasteiger charge is -2.31. The molecule has 1 aromatic heterocycles. The zero-order valence-electron chi connectivity index (χ0n) is 25.2. The first kappa shape index (κ1) is 29.7. The van der Waals surface area contributed by atoms with E-state index < -0.39 is 5.60 Å². The van der Waals surface area contributed by atoms with Gasteiger partial charge in [-0.3, -0.25) is 24.4 Å². The molecule has 0 atom stereocenters. The fraction of sp³-hybridized carbons (Fsp3) is 0.265. The van der Waals surface area contributed by atoms with Crippen LogP contribution in [0.15, 0.2) is 71.5 Å². The number of aromatic nitrogens is 2. The van der Waals surface area contributed by atoms with Crippen LogP contribution in [0.3, 0.4) is 0 Å². The van der Waals surface area contributed by atoms with Gasteiger partial charge in [0.2, 0.25) is 7.85 Å². The maximum Gasteiger partial charge on any atom is 0.261 e. The predicted molar refractivity (Wildman–Crippen MR) is 171 cm³/mol. The third-order valence-electron chi connectivity index (χ3n) is 7.55. The zero-order chi connectivity index (χ0) is 30.9. The van der Waals surface area contributed by atoms with Crippen molar-refractivity contribution in [2.75, 3.05) is 0 Å². The summed E-state index contributed by atoms with van der Waals surface area (Å²) < 4.78 is 7.60. The number of amides is 1. The highest BCUT2D eigenvalue weighted by Gasteiger charge is 2.33. The van der Waals surface area contributed by atoms with Crippen molar-refractivity contribution in [1.29, 1.82) is 5.41 Å². The molecule has 4 aromatic rings. The van der Waals surface area contributed by atoms with Gasteiger partial charge in [-0.1, -0.05) is 61.9 Å². The number of ketones is 1. The highest BCUT2D eigenvalue weighted by molar-refractivity contribution is 6.58. The van der Waals surface area contributed by atoms with Crippen LogP contribution in [0, 0.1) is 12.3 Å². The summed E-state index contributed by atoms with van der Waals surface area (Å²) in [5.41, 5.74) is 5.03. The van der Waals surface area contributed by atoms with E-state index in [1.54, 1.807) is 28.8 Å². The van der Waals surface area contributed by atoms with E-state index >= 15 is 0 Å². The summed E-state index contributed by atoms with van der Waals surface area (Å²) in [6, 6.07) is 20.6. The molecule has 0 bridgehead atoms. The summed E-state index contributed by atoms with van der Waals surface area (Å²) in [7, 11) is 1.38. The number of ether oxygens (including phenoxy) is 1. The molecule has 2 heterocycles. The van der Waals surface area contributed by atoms with E-state index in [0.717, 1.165) is 28.8 Å². The summed E-state index contributed by atoms with van der Waals surface area (Å²) in [5, 5.41) is 10.9. The van der Waals surface area contributed by atoms with Gasteiger partial charge in [0.25, 0.3) is 5.56 Å². The van der Waals surface area contributed by atoms with Gasteiger partial charge in [0.15, 0.2) is 11.6 Å². The van der Waals surface area contributed by atoms with Gasteiger partial charge in [0.05, 0.1) is 23.4 Å². The lowest BCUT2D eigenvalue weighted by atomic mass is 9.93. The van der Waals surface area contributed by atoms with Gasteiger partial charge in [-0.15, -0.1) is 0 Å². The number of nitrogens with zero attached hydrogens (tertiary/aromatic N) is 2. The number of aryl methyl sites for hydroxylation is 2. The Morgan fingerprint density at radius 1 is 1.07 bits per heavy atom. The fourth-order valence-corrected chi connectivity index (χ4v) is 5.63. The number of hydrogen-bond donors (Lipinski definition) is 2. The van der Waals surface area contributed by atoms with Gasteiger partial charge in [-0.05, 0) is 62.1 Å². The van der Waals surface area contributed by atoms with Gasteiger partial charge in [-0.2, -0.15) is 0 Å². The van der Waals surface area contributed by atoms with Gasteiger partial charge < -0.3 is 10.1 Å². The Hall–Kier alpha value is -4.79. The Labute approximate surface area is 252 Å². The van der Waals surface area contributed by atoms with Crippen LogP contribution < -0.4 is 15.6 Å². The van der Waals surface area contributed by atoms with Crippen molar-refractivity contribution in [3.05, 3.63) is 111 Å². The molecule has 3 aromatic carbocycles. The van der Waals surface area contributed by atoms with E-state index in [9.17, 15) is 14.4 Å². The Balaban J connectivity index is 1.51. The Bertz CT molecular complexity index is 1810. The fourth-order valence-electron chi connectivity index (χ4n) is 5.63. The first-order valence-electron chi connectivity index (χ1n) is 14.5. The minimum Gasteiger partial charge on any atom is -0.487 e. The summed E-state index contributed by atoms with van der Waals surface area (Å²) >= 11 is 0. The molecule has 2 N–H and O–H groups in total. The van der Waals surface area contributed by atoms with E-state index in [1.807, 2.05) is 63.2 Å². The Kier molecular flexibility index (Phi) is 8.17. The summed E-state index contributed by atoms with van der Waals surface area (Å²) in [5.74, 6) is 0.829. The van der Waals surface area contributed by atoms with Crippen molar-refractivity contribution in [1.82, 2.24) is 14.9 Å². The lowest BCUT2D eigenvalue weighted by Crippen LogP contribution is -2.36. The van der Waals surface area contributed by atoms with E-state index in [4.69, 9.17) is 15.1 Å². The van der Waals surface area contributed by atoms with Crippen LogP contribution in [0.4, 0.5) is 4.79 Å². The second-order valence-electron chi connectivity index (χ2n) is 11.6. The van der Waals surface area contributed by atoms with Crippen LogP contribution in [0.2, 0.25) is 0 Å². The molecule has 0 radical (unpaired) electrons. The maximum absolute atomic E-state index is 14.1. The van der Waals surface area contributed by atoms with Gasteiger partial charge in [0, 0.05) is 17.5 Å². The Morgan fingerprint density at radius 2 is 1.79 bits per heavy atom. The van der Waals surface area contributed by atoms with Crippen molar-refractivity contribution in [3.63, 3.8) is 0 Å². The summed E-state index contributed by atoms with van der Waals surface area (Å²) in [6.45, 7) is 7.66. The number of carbonyl (C=O) groups excluding carboxylic acids is 2. The maximum atomic E-state index is 14.1. The van der Waals surface area contributed by atoms with Crippen molar-refractivity contribution in [3.8, 4) is 22.6 Å². The number of carbonyl (C=O) groups is 2. The largest absolute Gasteiger partial charge is 0.487 e. The van der Waals surface area contributed by atoms with Crippen LogP contribution in [0.1, 0.15) is 72.2 Å². The molecule has 8 nitrogen and oxygen atoms in total. The highest BCUT2D eigenvalue weighted by atomic mass is 16.5. The zero-order valence-corrected chi connectivity index (χ0v) is 25.2. The third kappa shape index (κ3) is 6.21. The average molecular weight is 574 g/mol. The molecule has 0 unspecified atom stereocenters. The smallest absolute Gasteiger partial charge is 0.261 e. The highest BCUT2D eigenvalue weighted by Crippen LogP contribution is 2.34. The molecule has 218 valence electrons. The van der Waals surface area contributed by atoms with Gasteiger partial charge in [-0.25, -0.2) is 4.98 Å². The van der Waals surface area contributed by atoms with E-state index in [-0.39, 0.29) is 29.4 Å². The second-order valence-corrected chi connectivity index (χ2v) is 11.6. The number of rotatable bonds is 7. The van der Waals surface area contributed by atoms with Gasteiger partial charge >= 0.3 is 0 Å². The number of fused-ring (bicyclic) bond motifs is 1. The monoisotopic (exact) mass is 574 g/mol. The normalized spacial score (nSPS) is 13.6. The molecular formula is C34H35BN4O4. The van der Waals surface area contributed by atoms with Gasteiger partial charge in [0.1, 0.15) is 23.0 Å². The number of amidine groups is 1. The predicted octanol–water partition coefficient (Wildman–Crippen LogP) is 5.16. The molecule has 9 heteroatoms. The van der Waals surface area contributed by atoms with E-state index in [2.05, 4.69) is 12.2 Å². The van der Waals surface area contributed by atoms with Crippen LogP contribution >= 0.6 is 0 Å². The molecular weight excluding hydrogens is 539 g/mol. The molecule has 1 aliphatic heterocycles. The quantitative estimate of drug-likeness (QED) is 0.180. The van der Waals surface area contributed by atoms with Crippen LogP contribution in [-0.2, 0) is 12.8 Å². The molecule has 1 amide bonds. The minimum atomic E-state index is -0.570. The summed E-state index contributed by atoms with van der Waals surface area (Å²) in [6.07, 6.45) is 2.19. The molecule has 43 heavy (non-hydrogen) atoms. The number of benzene rings is 3. The van der Waals surface area contributed by atoms with E-state index in [0.29, 0.717) is 46.8 Å². The van der Waals surface area contributed by atoms with Crippen molar-refractivity contribution >= 4 is 25.3 Å². The summed E-state index contributed by atoms with van der Waals surface area (Å²) in [4.78, 5) is 43.4.